The van der Waals surface area contributed by atoms with Crippen molar-refractivity contribution in [3.05, 3.63) is 45.4 Å². The molecule has 182 valence electrons. The lowest BCUT2D eigenvalue weighted by molar-refractivity contribution is -0.134. The zero-order valence-corrected chi connectivity index (χ0v) is 18.9. The second kappa shape index (κ2) is 11.3. The summed E-state index contributed by atoms with van der Waals surface area (Å²) in [6.07, 6.45) is -3.41. The quantitative estimate of drug-likeness (QED) is 0.494. The molecule has 0 spiro atoms. The molecule has 0 unspecified atom stereocenters. The number of halogens is 4. The van der Waals surface area contributed by atoms with Gasteiger partial charge in [-0.3, -0.25) is 19.2 Å². The van der Waals surface area contributed by atoms with Crippen molar-refractivity contribution in [1.82, 2.24) is 10.6 Å². The molecule has 1 atom stereocenters. The van der Waals surface area contributed by atoms with Crippen LogP contribution in [0.25, 0.3) is 0 Å². The maximum atomic E-state index is 14.6. The summed E-state index contributed by atoms with van der Waals surface area (Å²) in [5, 5.41) is 6.34. The topological polar surface area (TPSA) is 117 Å². The lowest BCUT2D eigenvalue weighted by atomic mass is 10.2. The van der Waals surface area contributed by atoms with Crippen LogP contribution in [0.3, 0.4) is 0 Å². The van der Waals surface area contributed by atoms with Gasteiger partial charge < -0.3 is 25.6 Å². The largest absolute Gasteiger partial charge is 0.370 e. The second-order valence-corrected chi connectivity index (χ2v) is 8.64. The summed E-state index contributed by atoms with van der Waals surface area (Å²) < 4.78 is 45.4. The molecule has 4 amide bonds. The van der Waals surface area contributed by atoms with E-state index < -0.39 is 42.6 Å². The van der Waals surface area contributed by atoms with Gasteiger partial charge in [-0.25, -0.2) is 4.39 Å². The monoisotopic (exact) mass is 518 g/mol. The van der Waals surface area contributed by atoms with Crippen LogP contribution in [0, 0.1) is 5.82 Å². The van der Waals surface area contributed by atoms with Crippen LogP contribution in [0.2, 0.25) is 4.34 Å². The van der Waals surface area contributed by atoms with E-state index in [0.717, 1.165) is 17.4 Å². The molecule has 2 aromatic rings. The van der Waals surface area contributed by atoms with Crippen LogP contribution in [0.15, 0.2) is 30.3 Å². The molecule has 14 heteroatoms. The Morgan fingerprint density at radius 1 is 1.18 bits per heavy atom. The molecule has 1 aromatic carbocycles. The highest BCUT2D eigenvalue weighted by Crippen LogP contribution is 2.24. The predicted octanol–water partition coefficient (Wildman–Crippen LogP) is 2.02. The second-order valence-electron chi connectivity index (χ2n) is 6.93. The fraction of sp³-hybridized carbons (Fsp3) is 0.300. The summed E-state index contributed by atoms with van der Waals surface area (Å²) in [5.74, 6) is -4.70. The third kappa shape index (κ3) is 6.46. The molecule has 3 rings (SSSR count). The van der Waals surface area contributed by atoms with Gasteiger partial charge in [0.25, 0.3) is 17.7 Å². The Morgan fingerprint density at radius 3 is 2.56 bits per heavy atom. The molecule has 1 aliphatic rings. The molecule has 2 heterocycles. The first-order valence-electron chi connectivity index (χ1n) is 9.76. The average molecular weight is 519 g/mol. The summed E-state index contributed by atoms with van der Waals surface area (Å²) in [7, 11) is 0. The lowest BCUT2D eigenvalue weighted by Crippen LogP contribution is -2.52. The highest BCUT2D eigenvalue weighted by atomic mass is 35.5. The van der Waals surface area contributed by atoms with Crippen LogP contribution in [-0.2, 0) is 19.1 Å². The number of morpholine rings is 1. The van der Waals surface area contributed by atoms with Gasteiger partial charge in [0.15, 0.2) is 0 Å². The fourth-order valence-electron chi connectivity index (χ4n) is 2.95. The number of thiophene rings is 1. The van der Waals surface area contributed by atoms with Crippen molar-refractivity contribution >= 4 is 57.9 Å². The third-order valence-electron chi connectivity index (χ3n) is 4.60. The van der Waals surface area contributed by atoms with Crippen molar-refractivity contribution in [2.75, 3.05) is 36.5 Å². The maximum Gasteiger partial charge on any atom is 0.315 e. The van der Waals surface area contributed by atoms with E-state index in [1.807, 2.05) is 5.32 Å². The summed E-state index contributed by atoms with van der Waals surface area (Å²) >= 11 is 6.72. The molecule has 0 aliphatic carbocycles. The molecule has 9 nitrogen and oxygen atoms in total. The smallest absolute Gasteiger partial charge is 0.315 e. The average Bonchev–Trinajstić information content (AvgIpc) is 3.24. The van der Waals surface area contributed by atoms with E-state index in [1.54, 1.807) is 0 Å². The van der Waals surface area contributed by atoms with E-state index in [0.29, 0.717) is 4.34 Å². The summed E-state index contributed by atoms with van der Waals surface area (Å²) in [5.41, 5.74) is -0.0738. The zero-order valence-electron chi connectivity index (χ0n) is 17.3. The highest BCUT2D eigenvalue weighted by Gasteiger charge is 2.27. The third-order valence-corrected chi connectivity index (χ3v) is 5.83. The Hall–Kier alpha value is -3.16. The Balaban J connectivity index is 1.70. The Labute approximate surface area is 200 Å². The molecular formula is C20H18ClF3N4O5S. The standard InChI is InChI=1S/C20H18ClF3N4O5S/c21-15-4-3-14(34-15)19(31)25-8-13(27-20(32)17(23)24)18(30)26-12-2-1-10(7-11(12)22)28-5-6-33-9-16(28)29/h1-4,7,13,17H,5-6,8-9H2,(H,25,31)(H,26,30)(H,27,32)/t13-/m1/s1. The normalized spacial score (nSPS) is 14.6. The van der Waals surface area contributed by atoms with E-state index in [4.69, 9.17) is 16.3 Å². The summed E-state index contributed by atoms with van der Waals surface area (Å²) in [4.78, 5) is 49.7. The number of nitrogens with zero attached hydrogens (tertiary/aromatic N) is 1. The number of benzene rings is 1. The van der Waals surface area contributed by atoms with Gasteiger partial charge in [-0.05, 0) is 30.3 Å². The molecule has 0 bridgehead atoms. The molecule has 3 N–H and O–H groups in total. The van der Waals surface area contributed by atoms with E-state index >= 15 is 0 Å². The number of carbonyl (C=O) groups excluding carboxylic acids is 4. The number of amides is 4. The fourth-order valence-corrected chi connectivity index (χ4v) is 3.91. The van der Waals surface area contributed by atoms with Crippen LogP contribution in [-0.4, -0.2) is 62.4 Å². The van der Waals surface area contributed by atoms with E-state index in [2.05, 4.69) is 10.6 Å². The Kier molecular flexibility index (Phi) is 8.47. The molecule has 0 radical (unpaired) electrons. The maximum absolute atomic E-state index is 14.6. The van der Waals surface area contributed by atoms with Gasteiger partial charge in [-0.2, -0.15) is 8.78 Å². The van der Waals surface area contributed by atoms with Crippen LogP contribution in [0.4, 0.5) is 24.5 Å². The minimum atomic E-state index is -3.41. The highest BCUT2D eigenvalue weighted by molar-refractivity contribution is 7.18. The first-order chi connectivity index (χ1) is 16.2. The number of alkyl halides is 2. The number of nitrogens with one attached hydrogen (secondary N) is 3. The summed E-state index contributed by atoms with van der Waals surface area (Å²) in [6, 6.07) is 4.85. The number of hydrogen-bond donors (Lipinski definition) is 3. The molecule has 0 saturated carbocycles. The van der Waals surface area contributed by atoms with Gasteiger partial charge in [-0.1, -0.05) is 11.6 Å². The molecular weight excluding hydrogens is 501 g/mol. The SMILES string of the molecule is O=C(NC[C@@H](NC(=O)C(F)F)C(=O)Nc1ccc(N2CCOCC2=O)cc1F)c1ccc(Cl)s1. The molecule has 34 heavy (non-hydrogen) atoms. The lowest BCUT2D eigenvalue weighted by Gasteiger charge is -2.27. The van der Waals surface area contributed by atoms with Crippen LogP contribution in [0.1, 0.15) is 9.67 Å². The van der Waals surface area contributed by atoms with Gasteiger partial charge in [0, 0.05) is 18.8 Å². The Morgan fingerprint density at radius 2 is 1.94 bits per heavy atom. The number of hydrogen-bond acceptors (Lipinski definition) is 6. The van der Waals surface area contributed by atoms with Crippen molar-refractivity contribution in [1.29, 1.82) is 0 Å². The number of carbonyl (C=O) groups is 4. The van der Waals surface area contributed by atoms with Crippen LogP contribution in [0.5, 0.6) is 0 Å². The van der Waals surface area contributed by atoms with Gasteiger partial charge in [-0.15, -0.1) is 11.3 Å². The number of ether oxygens (including phenoxy) is 1. The zero-order chi connectivity index (χ0) is 24.8. The minimum Gasteiger partial charge on any atom is -0.370 e. The number of rotatable bonds is 8. The van der Waals surface area contributed by atoms with Crippen LogP contribution < -0.4 is 20.9 Å². The molecule has 1 aromatic heterocycles. The van der Waals surface area contributed by atoms with E-state index in [1.165, 1.54) is 29.2 Å². The van der Waals surface area contributed by atoms with Crippen molar-refractivity contribution in [2.24, 2.45) is 0 Å². The van der Waals surface area contributed by atoms with E-state index in [-0.39, 0.29) is 41.9 Å². The predicted molar refractivity (Wildman–Crippen MR) is 118 cm³/mol. The number of anilines is 2. The van der Waals surface area contributed by atoms with Crippen molar-refractivity contribution in [3.63, 3.8) is 0 Å². The molecule has 1 saturated heterocycles. The van der Waals surface area contributed by atoms with Gasteiger partial charge in [0.1, 0.15) is 18.5 Å². The van der Waals surface area contributed by atoms with Gasteiger partial charge in [0.05, 0.1) is 21.5 Å². The minimum absolute atomic E-state index is 0.144. The molecule has 1 fully saturated rings. The van der Waals surface area contributed by atoms with Crippen molar-refractivity contribution in [3.8, 4) is 0 Å². The van der Waals surface area contributed by atoms with Gasteiger partial charge in [0.2, 0.25) is 5.91 Å². The first kappa shape index (κ1) is 25.5. The summed E-state index contributed by atoms with van der Waals surface area (Å²) in [6.45, 7) is -0.197. The molecule has 1 aliphatic heterocycles. The van der Waals surface area contributed by atoms with Crippen molar-refractivity contribution in [2.45, 2.75) is 12.5 Å². The van der Waals surface area contributed by atoms with Gasteiger partial charge >= 0.3 is 6.43 Å². The van der Waals surface area contributed by atoms with Crippen LogP contribution >= 0.6 is 22.9 Å². The van der Waals surface area contributed by atoms with E-state index in [9.17, 15) is 32.3 Å². The van der Waals surface area contributed by atoms with Crippen molar-refractivity contribution < 1.29 is 37.1 Å². The Bertz CT molecular complexity index is 1100. The first-order valence-corrected chi connectivity index (χ1v) is 11.0.